The number of anilines is 1. The molecule has 1 N–H and O–H groups in total. The molecule has 0 spiro atoms. The van der Waals surface area contributed by atoms with Crippen LogP contribution in [0.5, 0.6) is 5.75 Å². The van der Waals surface area contributed by atoms with E-state index in [1.54, 1.807) is 18.9 Å². The summed E-state index contributed by atoms with van der Waals surface area (Å²) >= 11 is 1.54. The molecule has 0 bridgehead atoms. The molecule has 0 radical (unpaired) electrons. The molecular weight excluding hydrogens is 346 g/mol. The third-order valence-corrected chi connectivity index (χ3v) is 6.12. The summed E-state index contributed by atoms with van der Waals surface area (Å²) < 4.78 is 7.50. The van der Waals surface area contributed by atoms with E-state index in [0.29, 0.717) is 6.04 Å². The van der Waals surface area contributed by atoms with Crippen molar-refractivity contribution in [3.05, 3.63) is 35.7 Å². The van der Waals surface area contributed by atoms with Crippen molar-refractivity contribution in [3.8, 4) is 5.75 Å². The maximum atomic E-state index is 12.6. The van der Waals surface area contributed by atoms with Crippen LogP contribution in [-0.4, -0.2) is 27.8 Å². The van der Waals surface area contributed by atoms with Crippen LogP contribution in [0.2, 0.25) is 0 Å². The lowest BCUT2D eigenvalue weighted by molar-refractivity contribution is -0.115. The number of carbonyl (C=O) groups excluding carboxylic acids is 1. The van der Waals surface area contributed by atoms with E-state index in [4.69, 9.17) is 9.72 Å². The van der Waals surface area contributed by atoms with Crippen molar-refractivity contribution in [1.82, 2.24) is 9.55 Å². The predicted octanol–water partition coefficient (Wildman–Crippen LogP) is 4.74. The Morgan fingerprint density at radius 3 is 2.54 bits per heavy atom. The number of aryl methyl sites for hydroxylation is 1. The van der Waals surface area contributed by atoms with Crippen molar-refractivity contribution >= 4 is 23.4 Å². The van der Waals surface area contributed by atoms with E-state index in [9.17, 15) is 4.79 Å². The van der Waals surface area contributed by atoms with Gasteiger partial charge in [-0.3, -0.25) is 4.79 Å². The standard InChI is InChI=1S/C20H27N3O2S/c1-13-14(2)23(17-7-5-6-8-17)20(21-13)26-15(3)19(24)22-16-9-11-18(25-4)12-10-16/h9-12,15,17H,5-8H2,1-4H3,(H,22,24). The van der Waals surface area contributed by atoms with Crippen LogP contribution < -0.4 is 10.1 Å². The smallest absolute Gasteiger partial charge is 0.237 e. The van der Waals surface area contributed by atoms with Gasteiger partial charge >= 0.3 is 0 Å². The number of thioether (sulfide) groups is 1. The van der Waals surface area contributed by atoms with Gasteiger partial charge in [-0.25, -0.2) is 4.98 Å². The number of rotatable bonds is 6. The van der Waals surface area contributed by atoms with Crippen molar-refractivity contribution in [2.45, 2.75) is 62.9 Å². The van der Waals surface area contributed by atoms with E-state index in [1.807, 2.05) is 38.1 Å². The van der Waals surface area contributed by atoms with Gasteiger partial charge in [-0.15, -0.1) is 0 Å². The number of nitrogens with one attached hydrogen (secondary N) is 1. The van der Waals surface area contributed by atoms with Crippen LogP contribution in [0.3, 0.4) is 0 Å². The summed E-state index contributed by atoms with van der Waals surface area (Å²) in [6.45, 7) is 6.11. The van der Waals surface area contributed by atoms with Crippen LogP contribution in [0.4, 0.5) is 5.69 Å². The maximum Gasteiger partial charge on any atom is 0.237 e. The average Bonchev–Trinajstić information content (AvgIpc) is 3.24. The molecule has 5 nitrogen and oxygen atoms in total. The largest absolute Gasteiger partial charge is 0.497 e. The second-order valence-electron chi connectivity index (χ2n) is 6.85. The van der Waals surface area contributed by atoms with Crippen LogP contribution >= 0.6 is 11.8 Å². The lowest BCUT2D eigenvalue weighted by Crippen LogP contribution is -2.23. The van der Waals surface area contributed by atoms with E-state index in [2.05, 4.69) is 16.8 Å². The normalized spacial score (nSPS) is 15.8. The van der Waals surface area contributed by atoms with Gasteiger partial charge in [-0.1, -0.05) is 24.6 Å². The summed E-state index contributed by atoms with van der Waals surface area (Å²) in [5.74, 6) is 0.756. The summed E-state index contributed by atoms with van der Waals surface area (Å²) in [4.78, 5) is 17.3. The van der Waals surface area contributed by atoms with E-state index >= 15 is 0 Å². The molecule has 2 aromatic rings. The summed E-state index contributed by atoms with van der Waals surface area (Å²) in [7, 11) is 1.63. The van der Waals surface area contributed by atoms with E-state index < -0.39 is 0 Å². The van der Waals surface area contributed by atoms with Gasteiger partial charge in [0.1, 0.15) is 5.75 Å². The molecule has 1 aliphatic carbocycles. The first-order chi connectivity index (χ1) is 12.5. The summed E-state index contributed by atoms with van der Waals surface area (Å²) in [5, 5.41) is 3.71. The molecule has 0 aliphatic heterocycles. The lowest BCUT2D eigenvalue weighted by atomic mass is 10.2. The molecule has 0 saturated heterocycles. The highest BCUT2D eigenvalue weighted by molar-refractivity contribution is 8.00. The van der Waals surface area contributed by atoms with Crippen molar-refractivity contribution in [2.24, 2.45) is 0 Å². The molecule has 26 heavy (non-hydrogen) atoms. The highest BCUT2D eigenvalue weighted by Gasteiger charge is 2.25. The topological polar surface area (TPSA) is 56.1 Å². The zero-order valence-electron chi connectivity index (χ0n) is 15.9. The fourth-order valence-corrected chi connectivity index (χ4v) is 4.47. The van der Waals surface area contributed by atoms with E-state index in [-0.39, 0.29) is 11.2 Å². The summed E-state index contributed by atoms with van der Waals surface area (Å²) in [5.41, 5.74) is 3.05. The van der Waals surface area contributed by atoms with Crippen LogP contribution in [0.1, 0.15) is 50.0 Å². The molecular formula is C20H27N3O2S. The highest BCUT2D eigenvalue weighted by atomic mass is 32.2. The minimum atomic E-state index is -0.224. The van der Waals surface area contributed by atoms with Gasteiger partial charge in [-0.05, 0) is 57.9 Å². The Hall–Kier alpha value is -1.95. The second-order valence-corrected chi connectivity index (χ2v) is 8.16. The second kappa shape index (κ2) is 8.16. The number of ether oxygens (including phenoxy) is 1. The Kier molecular flexibility index (Phi) is 5.91. The lowest BCUT2D eigenvalue weighted by Gasteiger charge is -2.18. The zero-order chi connectivity index (χ0) is 18.7. The van der Waals surface area contributed by atoms with Gasteiger partial charge in [0.2, 0.25) is 5.91 Å². The Labute approximate surface area is 159 Å². The minimum Gasteiger partial charge on any atom is -0.497 e. The number of carbonyl (C=O) groups is 1. The number of methoxy groups -OCH3 is 1. The fourth-order valence-electron chi connectivity index (χ4n) is 3.40. The van der Waals surface area contributed by atoms with Gasteiger partial charge in [0, 0.05) is 17.4 Å². The monoisotopic (exact) mass is 373 g/mol. The number of aromatic nitrogens is 2. The van der Waals surface area contributed by atoms with Gasteiger partial charge < -0.3 is 14.6 Å². The Morgan fingerprint density at radius 1 is 1.27 bits per heavy atom. The average molecular weight is 374 g/mol. The van der Waals surface area contributed by atoms with Gasteiger partial charge in [0.15, 0.2) is 5.16 Å². The molecule has 1 aliphatic rings. The van der Waals surface area contributed by atoms with Crippen LogP contribution in [-0.2, 0) is 4.79 Å². The quantitative estimate of drug-likeness (QED) is 0.743. The third kappa shape index (κ3) is 4.06. The molecule has 1 aromatic heterocycles. The fraction of sp³-hybridized carbons (Fsp3) is 0.500. The Morgan fingerprint density at radius 2 is 1.92 bits per heavy atom. The minimum absolute atomic E-state index is 0.0172. The number of amides is 1. The SMILES string of the molecule is COc1ccc(NC(=O)C(C)Sc2nc(C)c(C)n2C2CCCC2)cc1. The van der Waals surface area contributed by atoms with Gasteiger partial charge in [0.25, 0.3) is 0 Å². The van der Waals surface area contributed by atoms with Crippen LogP contribution in [0.25, 0.3) is 0 Å². The molecule has 1 fully saturated rings. The first-order valence-corrected chi connectivity index (χ1v) is 10.0. The first kappa shape index (κ1) is 18.8. The molecule has 1 heterocycles. The molecule has 6 heteroatoms. The molecule has 3 rings (SSSR count). The van der Waals surface area contributed by atoms with E-state index in [0.717, 1.165) is 22.3 Å². The molecule has 1 aromatic carbocycles. The van der Waals surface area contributed by atoms with Crippen molar-refractivity contribution in [3.63, 3.8) is 0 Å². The third-order valence-electron chi connectivity index (χ3n) is 5.05. The maximum absolute atomic E-state index is 12.6. The van der Waals surface area contributed by atoms with Crippen molar-refractivity contribution in [1.29, 1.82) is 0 Å². The molecule has 1 unspecified atom stereocenters. The number of hydrogen-bond donors (Lipinski definition) is 1. The van der Waals surface area contributed by atoms with E-state index in [1.165, 1.54) is 31.4 Å². The molecule has 1 saturated carbocycles. The summed E-state index contributed by atoms with van der Waals surface area (Å²) in [6.07, 6.45) is 4.96. The van der Waals surface area contributed by atoms with Gasteiger partial charge in [0.05, 0.1) is 18.1 Å². The number of nitrogens with zero attached hydrogens (tertiary/aromatic N) is 2. The number of imidazole rings is 1. The molecule has 1 atom stereocenters. The van der Waals surface area contributed by atoms with Crippen molar-refractivity contribution in [2.75, 3.05) is 12.4 Å². The van der Waals surface area contributed by atoms with Crippen molar-refractivity contribution < 1.29 is 9.53 Å². The molecule has 140 valence electrons. The Bertz CT molecular complexity index is 764. The predicted molar refractivity (Wildman–Crippen MR) is 106 cm³/mol. The molecule has 1 amide bonds. The van der Waals surface area contributed by atoms with Crippen LogP contribution in [0, 0.1) is 13.8 Å². The van der Waals surface area contributed by atoms with Crippen LogP contribution in [0.15, 0.2) is 29.4 Å². The highest BCUT2D eigenvalue weighted by Crippen LogP contribution is 2.36. The first-order valence-electron chi connectivity index (χ1n) is 9.16. The summed E-state index contributed by atoms with van der Waals surface area (Å²) in [6, 6.07) is 7.90. The number of hydrogen-bond acceptors (Lipinski definition) is 4. The Balaban J connectivity index is 1.69. The zero-order valence-corrected chi connectivity index (χ0v) is 16.7. The van der Waals surface area contributed by atoms with Gasteiger partial charge in [-0.2, -0.15) is 0 Å². The number of benzene rings is 1.